The molecule has 0 atom stereocenters. The number of hydrogen-bond donors (Lipinski definition) is 1. The van der Waals surface area contributed by atoms with Crippen LogP contribution in [0, 0.1) is 0 Å². The van der Waals surface area contributed by atoms with Gasteiger partial charge in [-0.25, -0.2) is 0 Å². The van der Waals surface area contributed by atoms with Crippen LogP contribution >= 0.6 is 0 Å². The van der Waals surface area contributed by atoms with E-state index in [1.165, 1.54) is 5.56 Å². The molecule has 0 amide bonds. The molecule has 0 saturated heterocycles. The van der Waals surface area contributed by atoms with Crippen LogP contribution in [0.1, 0.15) is 11.3 Å². The lowest BCUT2D eigenvalue weighted by molar-refractivity contribution is 0.198. The van der Waals surface area contributed by atoms with Crippen LogP contribution in [0.4, 0.5) is 0 Å². The predicted octanol–water partition coefficient (Wildman–Crippen LogP) is 2.16. The summed E-state index contributed by atoms with van der Waals surface area (Å²) in [5, 5.41) is 9.17. The van der Waals surface area contributed by atoms with Gasteiger partial charge in [0.1, 0.15) is 0 Å². The van der Waals surface area contributed by atoms with Gasteiger partial charge in [0.2, 0.25) is 0 Å². The van der Waals surface area contributed by atoms with E-state index in [1.807, 2.05) is 30.5 Å². The summed E-state index contributed by atoms with van der Waals surface area (Å²) >= 11 is 0. The van der Waals surface area contributed by atoms with E-state index in [1.54, 1.807) is 0 Å². The van der Waals surface area contributed by atoms with Crippen molar-refractivity contribution in [1.29, 1.82) is 0 Å². The summed E-state index contributed by atoms with van der Waals surface area (Å²) in [4.78, 5) is 6.63. The van der Waals surface area contributed by atoms with E-state index in [-0.39, 0.29) is 6.61 Å². The zero-order valence-electron chi connectivity index (χ0n) is 11.8. The van der Waals surface area contributed by atoms with Crippen molar-refractivity contribution >= 4 is 0 Å². The van der Waals surface area contributed by atoms with E-state index in [0.717, 1.165) is 38.2 Å². The Morgan fingerprint density at radius 3 is 2.30 bits per heavy atom. The van der Waals surface area contributed by atoms with Crippen molar-refractivity contribution in [3.8, 4) is 0 Å². The van der Waals surface area contributed by atoms with Gasteiger partial charge in [0.05, 0.1) is 6.61 Å². The molecule has 2 aromatic rings. The van der Waals surface area contributed by atoms with Crippen LogP contribution in [0.2, 0.25) is 0 Å². The molecule has 2 rings (SSSR count). The number of rotatable bonds is 8. The Morgan fingerprint density at radius 1 is 0.850 bits per heavy atom. The molecule has 0 aliphatic carbocycles. The van der Waals surface area contributed by atoms with E-state index in [2.05, 4.69) is 34.1 Å². The van der Waals surface area contributed by atoms with Crippen LogP contribution < -0.4 is 0 Å². The summed E-state index contributed by atoms with van der Waals surface area (Å²) in [7, 11) is 0. The van der Waals surface area contributed by atoms with Crippen molar-refractivity contribution < 1.29 is 5.11 Å². The first-order valence-electron chi connectivity index (χ1n) is 7.15. The maximum absolute atomic E-state index is 9.17. The minimum Gasteiger partial charge on any atom is -0.395 e. The Bertz CT molecular complexity index is 429. The fourth-order valence-electron chi connectivity index (χ4n) is 2.23. The Labute approximate surface area is 120 Å². The van der Waals surface area contributed by atoms with Gasteiger partial charge in [0, 0.05) is 37.9 Å². The molecule has 1 aromatic carbocycles. The van der Waals surface area contributed by atoms with E-state index in [4.69, 9.17) is 0 Å². The second kappa shape index (κ2) is 8.46. The highest BCUT2D eigenvalue weighted by molar-refractivity contribution is 5.14. The number of benzene rings is 1. The molecule has 0 aliphatic rings. The Hall–Kier alpha value is -1.71. The van der Waals surface area contributed by atoms with Crippen LogP contribution in [0.15, 0.2) is 54.7 Å². The quantitative estimate of drug-likeness (QED) is 0.798. The number of pyridine rings is 1. The third kappa shape index (κ3) is 5.11. The molecule has 0 unspecified atom stereocenters. The van der Waals surface area contributed by atoms with E-state index < -0.39 is 0 Å². The maximum atomic E-state index is 9.17. The van der Waals surface area contributed by atoms with Gasteiger partial charge in [0.25, 0.3) is 0 Å². The minimum absolute atomic E-state index is 0.205. The van der Waals surface area contributed by atoms with Gasteiger partial charge in [-0.3, -0.25) is 4.98 Å². The first kappa shape index (κ1) is 14.7. The van der Waals surface area contributed by atoms with Gasteiger partial charge >= 0.3 is 0 Å². The molecule has 0 aliphatic heterocycles. The van der Waals surface area contributed by atoms with Gasteiger partial charge in [-0.1, -0.05) is 36.4 Å². The highest BCUT2D eigenvalue weighted by atomic mass is 16.3. The summed E-state index contributed by atoms with van der Waals surface area (Å²) in [6.45, 7) is 2.83. The predicted molar refractivity (Wildman–Crippen MR) is 81.6 cm³/mol. The van der Waals surface area contributed by atoms with Crippen molar-refractivity contribution in [3.63, 3.8) is 0 Å². The smallest absolute Gasteiger partial charge is 0.0558 e. The standard InChI is InChI=1S/C17H22N2O/c20-15-14-19(12-9-16-6-2-1-3-7-16)13-10-17-8-4-5-11-18-17/h1-8,11,20H,9-10,12-15H2. The summed E-state index contributed by atoms with van der Waals surface area (Å²) in [6.07, 6.45) is 3.77. The van der Waals surface area contributed by atoms with E-state index in [0.29, 0.717) is 0 Å². The molecule has 1 aromatic heterocycles. The topological polar surface area (TPSA) is 36.4 Å². The minimum atomic E-state index is 0.205. The monoisotopic (exact) mass is 270 g/mol. The van der Waals surface area contributed by atoms with Gasteiger partial charge in [-0.2, -0.15) is 0 Å². The normalized spacial score (nSPS) is 10.9. The lowest BCUT2D eigenvalue weighted by atomic mass is 10.1. The third-order valence-corrected chi connectivity index (χ3v) is 3.39. The van der Waals surface area contributed by atoms with Crippen LogP contribution in [0.3, 0.4) is 0 Å². The number of nitrogens with zero attached hydrogens (tertiary/aromatic N) is 2. The summed E-state index contributed by atoms with van der Waals surface area (Å²) < 4.78 is 0. The molecular weight excluding hydrogens is 248 g/mol. The molecule has 0 radical (unpaired) electrons. The SMILES string of the molecule is OCCN(CCc1ccccc1)CCc1ccccn1. The molecule has 1 heterocycles. The second-order valence-electron chi connectivity index (χ2n) is 4.87. The van der Waals surface area contributed by atoms with Crippen LogP contribution in [0.25, 0.3) is 0 Å². The molecule has 0 spiro atoms. The number of aliphatic hydroxyl groups excluding tert-OH is 1. The largest absolute Gasteiger partial charge is 0.395 e. The Balaban J connectivity index is 1.81. The van der Waals surface area contributed by atoms with Crippen molar-refractivity contribution in [2.24, 2.45) is 0 Å². The van der Waals surface area contributed by atoms with Crippen molar-refractivity contribution in [1.82, 2.24) is 9.88 Å². The van der Waals surface area contributed by atoms with Gasteiger partial charge in [-0.15, -0.1) is 0 Å². The molecule has 0 bridgehead atoms. The lowest BCUT2D eigenvalue weighted by Gasteiger charge is -2.21. The molecule has 106 valence electrons. The summed E-state index contributed by atoms with van der Waals surface area (Å²) in [5.41, 5.74) is 2.45. The number of hydrogen-bond acceptors (Lipinski definition) is 3. The van der Waals surface area contributed by atoms with E-state index in [9.17, 15) is 5.11 Å². The molecule has 3 nitrogen and oxygen atoms in total. The molecule has 20 heavy (non-hydrogen) atoms. The fraction of sp³-hybridized carbons (Fsp3) is 0.353. The van der Waals surface area contributed by atoms with Crippen LogP contribution in [-0.4, -0.2) is 41.2 Å². The second-order valence-corrected chi connectivity index (χ2v) is 4.87. The van der Waals surface area contributed by atoms with Crippen molar-refractivity contribution in [2.75, 3.05) is 26.2 Å². The average molecular weight is 270 g/mol. The molecular formula is C17H22N2O. The van der Waals surface area contributed by atoms with Crippen LogP contribution in [0.5, 0.6) is 0 Å². The molecule has 0 saturated carbocycles. The fourth-order valence-corrected chi connectivity index (χ4v) is 2.23. The maximum Gasteiger partial charge on any atom is 0.0558 e. The number of aliphatic hydroxyl groups is 1. The molecule has 0 fully saturated rings. The van der Waals surface area contributed by atoms with Gasteiger partial charge < -0.3 is 10.0 Å². The molecule has 1 N–H and O–H groups in total. The van der Waals surface area contributed by atoms with Crippen molar-refractivity contribution in [3.05, 3.63) is 66.0 Å². The first-order chi connectivity index (χ1) is 9.88. The Kier molecular flexibility index (Phi) is 6.21. The lowest BCUT2D eigenvalue weighted by Crippen LogP contribution is -2.31. The molecule has 3 heteroatoms. The van der Waals surface area contributed by atoms with Crippen molar-refractivity contribution in [2.45, 2.75) is 12.8 Å². The third-order valence-electron chi connectivity index (χ3n) is 3.39. The zero-order valence-corrected chi connectivity index (χ0v) is 11.8. The first-order valence-corrected chi connectivity index (χ1v) is 7.15. The number of aromatic nitrogens is 1. The highest BCUT2D eigenvalue weighted by Crippen LogP contribution is 2.03. The zero-order chi connectivity index (χ0) is 14.0. The Morgan fingerprint density at radius 2 is 1.60 bits per heavy atom. The van der Waals surface area contributed by atoms with E-state index >= 15 is 0 Å². The van der Waals surface area contributed by atoms with Gasteiger partial charge in [-0.05, 0) is 24.1 Å². The average Bonchev–Trinajstić information content (AvgIpc) is 2.52. The van der Waals surface area contributed by atoms with Gasteiger partial charge in [0.15, 0.2) is 0 Å². The summed E-state index contributed by atoms with van der Waals surface area (Å²) in [5.74, 6) is 0. The van der Waals surface area contributed by atoms with Crippen LogP contribution in [-0.2, 0) is 12.8 Å². The highest BCUT2D eigenvalue weighted by Gasteiger charge is 2.05. The summed E-state index contributed by atoms with van der Waals surface area (Å²) in [6, 6.07) is 16.5.